The zero-order chi connectivity index (χ0) is 8.16. The van der Waals surface area contributed by atoms with Crippen molar-refractivity contribution in [2.24, 2.45) is 0 Å². The highest BCUT2D eigenvalue weighted by atomic mass is 16.5. The number of ether oxygens (including phenoxy) is 1. The molecule has 0 amide bonds. The number of aldehydes is 1. The highest BCUT2D eigenvalue weighted by Crippen LogP contribution is 2.08. The fourth-order valence-electron chi connectivity index (χ4n) is 1.21. The van der Waals surface area contributed by atoms with Gasteiger partial charge in [-0.3, -0.25) is 0 Å². The van der Waals surface area contributed by atoms with Gasteiger partial charge in [0.2, 0.25) is 0 Å². The Morgan fingerprint density at radius 3 is 3.09 bits per heavy atom. The third kappa shape index (κ3) is 1.99. The van der Waals surface area contributed by atoms with Gasteiger partial charge in [-0.15, -0.1) is 0 Å². The van der Waals surface area contributed by atoms with E-state index in [2.05, 4.69) is 10.6 Å². The second-order valence-electron chi connectivity index (χ2n) is 2.74. The van der Waals surface area contributed by atoms with Crippen LogP contribution in [0.25, 0.3) is 0 Å². The SMILES string of the molecule is CNCC1(C=O)CNCCO1. The number of carbonyl (C=O) groups is 1. The number of morpholine rings is 1. The molecular formula is C7H14N2O2. The molecule has 0 aromatic rings. The largest absolute Gasteiger partial charge is 0.364 e. The molecule has 64 valence electrons. The van der Waals surface area contributed by atoms with Crippen LogP contribution in [-0.2, 0) is 9.53 Å². The van der Waals surface area contributed by atoms with E-state index in [1.807, 2.05) is 7.05 Å². The van der Waals surface area contributed by atoms with E-state index in [0.717, 1.165) is 12.8 Å². The maximum atomic E-state index is 10.7. The van der Waals surface area contributed by atoms with E-state index in [0.29, 0.717) is 19.7 Å². The molecule has 0 saturated carbocycles. The monoisotopic (exact) mass is 158 g/mol. The Labute approximate surface area is 66.3 Å². The fourth-order valence-corrected chi connectivity index (χ4v) is 1.21. The molecule has 0 aromatic heterocycles. The Morgan fingerprint density at radius 2 is 2.64 bits per heavy atom. The van der Waals surface area contributed by atoms with Crippen LogP contribution in [0.3, 0.4) is 0 Å². The minimum atomic E-state index is -0.632. The predicted molar refractivity (Wildman–Crippen MR) is 41.5 cm³/mol. The lowest BCUT2D eigenvalue weighted by molar-refractivity contribution is -0.133. The van der Waals surface area contributed by atoms with E-state index in [9.17, 15) is 4.79 Å². The van der Waals surface area contributed by atoms with Gasteiger partial charge in [0.25, 0.3) is 0 Å². The summed E-state index contributed by atoms with van der Waals surface area (Å²) in [4.78, 5) is 10.7. The summed E-state index contributed by atoms with van der Waals surface area (Å²) in [5.74, 6) is 0. The maximum Gasteiger partial charge on any atom is 0.154 e. The Hall–Kier alpha value is -0.450. The predicted octanol–water partition coefficient (Wildman–Crippen LogP) is -1.24. The van der Waals surface area contributed by atoms with Gasteiger partial charge >= 0.3 is 0 Å². The molecule has 4 heteroatoms. The van der Waals surface area contributed by atoms with Crippen LogP contribution in [0.5, 0.6) is 0 Å². The fraction of sp³-hybridized carbons (Fsp3) is 0.857. The lowest BCUT2D eigenvalue weighted by Gasteiger charge is -2.32. The number of carbonyl (C=O) groups excluding carboxylic acids is 1. The number of rotatable bonds is 3. The molecule has 1 atom stereocenters. The van der Waals surface area contributed by atoms with Gasteiger partial charge in [-0.2, -0.15) is 0 Å². The van der Waals surface area contributed by atoms with Crippen LogP contribution in [0.4, 0.5) is 0 Å². The van der Waals surface area contributed by atoms with Crippen LogP contribution in [0.2, 0.25) is 0 Å². The molecule has 1 aliphatic heterocycles. The van der Waals surface area contributed by atoms with Crippen molar-refractivity contribution in [1.82, 2.24) is 10.6 Å². The molecule has 2 N–H and O–H groups in total. The molecule has 1 aliphatic rings. The van der Waals surface area contributed by atoms with Crippen molar-refractivity contribution in [3.63, 3.8) is 0 Å². The Morgan fingerprint density at radius 1 is 1.82 bits per heavy atom. The second-order valence-corrected chi connectivity index (χ2v) is 2.74. The molecule has 1 saturated heterocycles. The zero-order valence-electron chi connectivity index (χ0n) is 6.72. The van der Waals surface area contributed by atoms with Gasteiger partial charge in [0, 0.05) is 19.6 Å². The van der Waals surface area contributed by atoms with Gasteiger partial charge in [0.05, 0.1) is 6.61 Å². The number of likely N-dealkylation sites (N-methyl/N-ethyl adjacent to an activating group) is 1. The van der Waals surface area contributed by atoms with Crippen molar-refractivity contribution in [3.05, 3.63) is 0 Å². The van der Waals surface area contributed by atoms with Gasteiger partial charge in [0.15, 0.2) is 6.29 Å². The molecule has 11 heavy (non-hydrogen) atoms. The van der Waals surface area contributed by atoms with Crippen molar-refractivity contribution in [1.29, 1.82) is 0 Å². The second kappa shape index (κ2) is 3.80. The molecule has 0 spiro atoms. The minimum Gasteiger partial charge on any atom is -0.364 e. The Kier molecular flexibility index (Phi) is 2.99. The minimum absolute atomic E-state index is 0.573. The van der Waals surface area contributed by atoms with Crippen molar-refractivity contribution < 1.29 is 9.53 Å². The van der Waals surface area contributed by atoms with Crippen LogP contribution >= 0.6 is 0 Å². The lowest BCUT2D eigenvalue weighted by atomic mass is 10.1. The summed E-state index contributed by atoms with van der Waals surface area (Å²) >= 11 is 0. The van der Waals surface area contributed by atoms with E-state index in [1.165, 1.54) is 0 Å². The first-order valence-electron chi connectivity index (χ1n) is 3.78. The van der Waals surface area contributed by atoms with Crippen LogP contribution in [0.15, 0.2) is 0 Å². The average Bonchev–Trinajstić information content (AvgIpc) is 2.07. The van der Waals surface area contributed by atoms with Gasteiger partial charge in [-0.25, -0.2) is 0 Å². The summed E-state index contributed by atoms with van der Waals surface area (Å²) in [5, 5.41) is 6.05. The van der Waals surface area contributed by atoms with Crippen molar-refractivity contribution in [2.45, 2.75) is 5.60 Å². The standard InChI is InChI=1S/C7H14N2O2/c1-8-4-7(6-10)5-9-2-3-11-7/h6,8-9H,2-5H2,1H3. The quantitative estimate of drug-likeness (QED) is 0.505. The smallest absolute Gasteiger partial charge is 0.154 e. The molecule has 0 bridgehead atoms. The third-order valence-corrected chi connectivity index (χ3v) is 1.78. The van der Waals surface area contributed by atoms with Gasteiger partial charge in [0.1, 0.15) is 5.60 Å². The normalized spacial score (nSPS) is 31.7. The highest BCUT2D eigenvalue weighted by molar-refractivity contribution is 5.63. The molecule has 0 radical (unpaired) electrons. The summed E-state index contributed by atoms with van der Waals surface area (Å²) in [5.41, 5.74) is -0.632. The summed E-state index contributed by atoms with van der Waals surface area (Å²) < 4.78 is 5.36. The average molecular weight is 158 g/mol. The van der Waals surface area contributed by atoms with E-state index in [-0.39, 0.29) is 0 Å². The first-order chi connectivity index (χ1) is 5.33. The van der Waals surface area contributed by atoms with Crippen molar-refractivity contribution in [3.8, 4) is 0 Å². The molecule has 1 fully saturated rings. The van der Waals surface area contributed by atoms with Crippen molar-refractivity contribution in [2.75, 3.05) is 33.3 Å². The molecular weight excluding hydrogens is 144 g/mol. The van der Waals surface area contributed by atoms with Gasteiger partial charge in [-0.1, -0.05) is 0 Å². The summed E-state index contributed by atoms with van der Waals surface area (Å²) in [6, 6.07) is 0. The van der Waals surface area contributed by atoms with E-state index in [1.54, 1.807) is 0 Å². The lowest BCUT2D eigenvalue weighted by Crippen LogP contribution is -2.55. The van der Waals surface area contributed by atoms with Crippen molar-refractivity contribution >= 4 is 6.29 Å². The first kappa shape index (κ1) is 8.64. The molecule has 0 aromatic carbocycles. The molecule has 4 nitrogen and oxygen atoms in total. The number of hydrogen-bond acceptors (Lipinski definition) is 4. The zero-order valence-corrected chi connectivity index (χ0v) is 6.72. The van der Waals surface area contributed by atoms with E-state index in [4.69, 9.17) is 4.74 Å². The molecule has 1 rings (SSSR count). The molecule has 0 aliphatic carbocycles. The Balaban J connectivity index is 2.49. The van der Waals surface area contributed by atoms with Gasteiger partial charge < -0.3 is 20.2 Å². The summed E-state index contributed by atoms with van der Waals surface area (Å²) in [6.07, 6.45) is 0.871. The highest BCUT2D eigenvalue weighted by Gasteiger charge is 2.31. The van der Waals surface area contributed by atoms with E-state index < -0.39 is 5.60 Å². The van der Waals surface area contributed by atoms with Gasteiger partial charge in [-0.05, 0) is 7.05 Å². The molecule has 1 unspecified atom stereocenters. The number of hydrogen-bond donors (Lipinski definition) is 2. The van der Waals surface area contributed by atoms with Crippen LogP contribution in [0.1, 0.15) is 0 Å². The summed E-state index contributed by atoms with van der Waals surface area (Å²) in [6.45, 7) is 2.63. The Bertz CT molecular complexity index is 127. The number of nitrogens with one attached hydrogen (secondary N) is 2. The topological polar surface area (TPSA) is 50.4 Å². The van der Waals surface area contributed by atoms with E-state index >= 15 is 0 Å². The summed E-state index contributed by atoms with van der Waals surface area (Å²) in [7, 11) is 1.81. The first-order valence-corrected chi connectivity index (χ1v) is 3.78. The molecule has 1 heterocycles. The van der Waals surface area contributed by atoms with Crippen LogP contribution in [0, 0.1) is 0 Å². The van der Waals surface area contributed by atoms with Crippen LogP contribution in [-0.4, -0.2) is 45.2 Å². The van der Waals surface area contributed by atoms with Crippen LogP contribution < -0.4 is 10.6 Å². The maximum absolute atomic E-state index is 10.7. The third-order valence-electron chi connectivity index (χ3n) is 1.78.